The minimum Gasteiger partial charge on any atom is -0.369 e. The third kappa shape index (κ3) is 2.60. The van der Waals surface area contributed by atoms with Crippen LogP contribution in [0.15, 0.2) is 0 Å². The van der Waals surface area contributed by atoms with Crippen molar-refractivity contribution >= 4 is 5.78 Å². The zero-order valence-corrected chi connectivity index (χ0v) is 6.88. The number of nitrogens with two attached hydrogens (primary N) is 1. The summed E-state index contributed by atoms with van der Waals surface area (Å²) >= 11 is 0. The van der Waals surface area contributed by atoms with Gasteiger partial charge in [0.25, 0.3) is 0 Å². The third-order valence-electron chi connectivity index (χ3n) is 2.00. The first-order chi connectivity index (χ1) is 5.20. The number of hydrogen-bond acceptors (Lipinski definition) is 3. The maximum absolute atomic E-state index is 10.5. The Kier molecular flexibility index (Phi) is 3.02. The van der Waals surface area contributed by atoms with Gasteiger partial charge in [-0.3, -0.25) is 4.79 Å². The summed E-state index contributed by atoms with van der Waals surface area (Å²) in [5.74, 6) is 0.0732. The zero-order valence-electron chi connectivity index (χ0n) is 6.88. The van der Waals surface area contributed by atoms with Crippen LogP contribution < -0.4 is 5.73 Å². The van der Waals surface area contributed by atoms with Crippen molar-refractivity contribution < 1.29 is 9.53 Å². The van der Waals surface area contributed by atoms with Gasteiger partial charge in [0.05, 0.1) is 6.10 Å². The summed E-state index contributed by atoms with van der Waals surface area (Å²) in [4.78, 5) is 10.5. The molecule has 2 N–H and O–H groups in total. The highest BCUT2D eigenvalue weighted by molar-refractivity contribution is 5.76. The van der Waals surface area contributed by atoms with Gasteiger partial charge in [-0.05, 0) is 26.2 Å². The Balaban J connectivity index is 2.20. The van der Waals surface area contributed by atoms with E-state index in [0.29, 0.717) is 0 Å². The maximum Gasteiger partial charge on any atom is 0.155 e. The Hall–Kier alpha value is -0.410. The lowest BCUT2D eigenvalue weighted by Gasteiger charge is -2.14. The summed E-state index contributed by atoms with van der Waals surface area (Å²) in [5.41, 5.74) is 5.73. The molecule has 1 aliphatic rings. The first kappa shape index (κ1) is 8.68. The topological polar surface area (TPSA) is 52.3 Å². The molecule has 0 aromatic rings. The van der Waals surface area contributed by atoms with E-state index in [-0.39, 0.29) is 24.5 Å². The molecule has 0 amide bonds. The summed E-state index contributed by atoms with van der Waals surface area (Å²) in [6.45, 7) is 1.75. The van der Waals surface area contributed by atoms with E-state index in [2.05, 4.69) is 0 Å². The molecule has 3 heteroatoms. The van der Waals surface area contributed by atoms with Crippen LogP contribution >= 0.6 is 0 Å². The number of carbonyl (C=O) groups excluding carboxylic acids is 1. The molecule has 1 aliphatic carbocycles. The second-order valence-corrected chi connectivity index (χ2v) is 3.15. The molecule has 1 rings (SSSR count). The van der Waals surface area contributed by atoms with E-state index >= 15 is 0 Å². The van der Waals surface area contributed by atoms with E-state index in [9.17, 15) is 4.79 Å². The Labute approximate surface area is 66.9 Å². The molecule has 2 atom stereocenters. The van der Waals surface area contributed by atoms with Gasteiger partial charge in [0.1, 0.15) is 6.61 Å². The highest BCUT2D eigenvalue weighted by atomic mass is 16.5. The van der Waals surface area contributed by atoms with Gasteiger partial charge in [-0.15, -0.1) is 0 Å². The fourth-order valence-corrected chi connectivity index (χ4v) is 1.39. The first-order valence-corrected chi connectivity index (χ1v) is 4.07. The highest BCUT2D eigenvalue weighted by Crippen LogP contribution is 2.19. The van der Waals surface area contributed by atoms with Gasteiger partial charge in [-0.1, -0.05) is 0 Å². The predicted molar refractivity (Wildman–Crippen MR) is 42.2 cm³/mol. The van der Waals surface area contributed by atoms with E-state index in [0.717, 1.165) is 19.3 Å². The first-order valence-electron chi connectivity index (χ1n) is 4.07. The van der Waals surface area contributed by atoms with Crippen LogP contribution in [-0.2, 0) is 9.53 Å². The SMILES string of the molecule is CC(=O)CO[C@H]1CCC[C@@H]1N. The molecule has 3 nitrogen and oxygen atoms in total. The van der Waals surface area contributed by atoms with Crippen LogP contribution in [0.4, 0.5) is 0 Å². The van der Waals surface area contributed by atoms with Crippen molar-refractivity contribution in [3.8, 4) is 0 Å². The number of ketones is 1. The van der Waals surface area contributed by atoms with Crippen LogP contribution in [0.2, 0.25) is 0 Å². The number of ether oxygens (including phenoxy) is 1. The molecule has 0 aliphatic heterocycles. The monoisotopic (exact) mass is 157 g/mol. The Morgan fingerprint density at radius 2 is 2.36 bits per heavy atom. The van der Waals surface area contributed by atoms with Crippen molar-refractivity contribution in [2.24, 2.45) is 5.73 Å². The van der Waals surface area contributed by atoms with E-state index < -0.39 is 0 Å². The fourth-order valence-electron chi connectivity index (χ4n) is 1.39. The van der Waals surface area contributed by atoms with Crippen LogP contribution in [0.5, 0.6) is 0 Å². The third-order valence-corrected chi connectivity index (χ3v) is 2.00. The smallest absolute Gasteiger partial charge is 0.155 e. The molecule has 0 unspecified atom stereocenters. The lowest BCUT2D eigenvalue weighted by Crippen LogP contribution is -2.32. The minimum absolute atomic E-state index is 0.0732. The Morgan fingerprint density at radius 1 is 1.64 bits per heavy atom. The minimum atomic E-state index is 0.0732. The van der Waals surface area contributed by atoms with Crippen molar-refractivity contribution in [1.82, 2.24) is 0 Å². The standard InChI is InChI=1S/C8H15NO2/c1-6(10)5-11-8-4-2-3-7(8)9/h7-8H,2-5,9H2,1H3/t7-,8-/m0/s1. The summed E-state index contributed by atoms with van der Waals surface area (Å²) in [6.07, 6.45) is 3.29. The Morgan fingerprint density at radius 3 is 2.82 bits per heavy atom. The molecule has 0 radical (unpaired) electrons. The predicted octanol–water partition coefficient (Wildman–Crippen LogP) is 0.472. The highest BCUT2D eigenvalue weighted by Gasteiger charge is 2.24. The molecular weight excluding hydrogens is 142 g/mol. The molecule has 0 spiro atoms. The second-order valence-electron chi connectivity index (χ2n) is 3.15. The van der Waals surface area contributed by atoms with E-state index in [1.54, 1.807) is 0 Å². The maximum atomic E-state index is 10.5. The zero-order chi connectivity index (χ0) is 8.27. The molecule has 1 saturated carbocycles. The molecule has 0 aromatic heterocycles. The van der Waals surface area contributed by atoms with Crippen molar-refractivity contribution in [2.75, 3.05) is 6.61 Å². The van der Waals surface area contributed by atoms with Gasteiger partial charge >= 0.3 is 0 Å². The molecule has 0 saturated heterocycles. The molecule has 11 heavy (non-hydrogen) atoms. The van der Waals surface area contributed by atoms with Crippen LogP contribution in [0.1, 0.15) is 26.2 Å². The largest absolute Gasteiger partial charge is 0.369 e. The van der Waals surface area contributed by atoms with Gasteiger partial charge in [0.2, 0.25) is 0 Å². The van der Waals surface area contributed by atoms with E-state index in [1.807, 2.05) is 0 Å². The molecule has 1 fully saturated rings. The number of carbonyl (C=O) groups is 1. The lowest BCUT2D eigenvalue weighted by molar-refractivity contribution is -0.123. The van der Waals surface area contributed by atoms with Gasteiger partial charge in [0, 0.05) is 6.04 Å². The van der Waals surface area contributed by atoms with Gasteiger partial charge in [-0.2, -0.15) is 0 Å². The molecule has 0 heterocycles. The van der Waals surface area contributed by atoms with Crippen LogP contribution in [0.3, 0.4) is 0 Å². The normalized spacial score (nSPS) is 30.7. The van der Waals surface area contributed by atoms with Crippen molar-refractivity contribution in [1.29, 1.82) is 0 Å². The van der Waals surface area contributed by atoms with Crippen LogP contribution in [0, 0.1) is 0 Å². The van der Waals surface area contributed by atoms with E-state index in [4.69, 9.17) is 10.5 Å². The van der Waals surface area contributed by atoms with E-state index in [1.165, 1.54) is 6.92 Å². The van der Waals surface area contributed by atoms with Gasteiger partial charge in [0.15, 0.2) is 5.78 Å². The van der Waals surface area contributed by atoms with Crippen LogP contribution in [0.25, 0.3) is 0 Å². The average molecular weight is 157 g/mol. The van der Waals surface area contributed by atoms with Gasteiger partial charge < -0.3 is 10.5 Å². The van der Waals surface area contributed by atoms with Crippen LogP contribution in [-0.4, -0.2) is 24.5 Å². The molecule has 0 bridgehead atoms. The average Bonchev–Trinajstić information content (AvgIpc) is 2.31. The van der Waals surface area contributed by atoms with Crippen molar-refractivity contribution in [2.45, 2.75) is 38.3 Å². The fraction of sp³-hybridized carbons (Fsp3) is 0.875. The Bertz CT molecular complexity index is 147. The molecule has 0 aromatic carbocycles. The quantitative estimate of drug-likeness (QED) is 0.648. The van der Waals surface area contributed by atoms with Crippen molar-refractivity contribution in [3.63, 3.8) is 0 Å². The van der Waals surface area contributed by atoms with Gasteiger partial charge in [-0.25, -0.2) is 0 Å². The number of rotatable bonds is 3. The molecule has 64 valence electrons. The summed E-state index contributed by atoms with van der Waals surface area (Å²) in [6, 6.07) is 0.148. The number of hydrogen-bond donors (Lipinski definition) is 1. The molecular formula is C8H15NO2. The second kappa shape index (κ2) is 3.83. The lowest BCUT2D eigenvalue weighted by atomic mass is 10.2. The summed E-state index contributed by atoms with van der Waals surface area (Å²) in [5, 5.41) is 0. The van der Waals surface area contributed by atoms with Crippen molar-refractivity contribution in [3.05, 3.63) is 0 Å². The summed E-state index contributed by atoms with van der Waals surface area (Å²) < 4.78 is 5.30. The number of Topliss-reactive ketones (excluding diaryl/α,β-unsaturated/α-hetero) is 1. The summed E-state index contributed by atoms with van der Waals surface area (Å²) in [7, 11) is 0.